The maximum absolute atomic E-state index is 6.50. The van der Waals surface area contributed by atoms with Gasteiger partial charge in [0.15, 0.2) is 0 Å². The molecule has 2 heteroatoms. The van der Waals surface area contributed by atoms with Crippen LogP contribution in [-0.4, -0.2) is 4.57 Å². The zero-order chi connectivity index (χ0) is 13.6. The Morgan fingerprint density at radius 3 is 2.33 bits per heavy atom. The molecule has 0 fully saturated rings. The molecule has 102 valence electrons. The standard InChI is InChI=1S/C15H27N.CHN/c1-3-5-7-8-9-12-16-13-11-15(14-16)10-6-4-2;1-2/h11,13-14H,3-10,12H2,1-2H3;1H. The molecule has 1 heterocycles. The van der Waals surface area contributed by atoms with Crippen LogP contribution in [0, 0.1) is 11.8 Å². The molecule has 0 aliphatic heterocycles. The van der Waals surface area contributed by atoms with Crippen LogP contribution in [0.15, 0.2) is 18.5 Å². The average molecular weight is 248 g/mol. The van der Waals surface area contributed by atoms with E-state index >= 15 is 0 Å². The van der Waals surface area contributed by atoms with Crippen molar-refractivity contribution in [1.29, 1.82) is 5.26 Å². The van der Waals surface area contributed by atoms with Gasteiger partial charge < -0.3 is 4.57 Å². The maximum Gasteiger partial charge on any atom is 0.0462 e. The molecule has 0 radical (unpaired) electrons. The van der Waals surface area contributed by atoms with E-state index in [1.54, 1.807) is 0 Å². The minimum Gasteiger partial charge on any atom is -0.354 e. The summed E-state index contributed by atoms with van der Waals surface area (Å²) in [7, 11) is 0. The molecule has 0 aromatic carbocycles. The van der Waals surface area contributed by atoms with E-state index < -0.39 is 0 Å². The fourth-order valence-electron chi connectivity index (χ4n) is 2.06. The molecule has 0 aliphatic carbocycles. The maximum atomic E-state index is 6.50. The van der Waals surface area contributed by atoms with E-state index in [9.17, 15) is 0 Å². The molecule has 1 aromatic rings. The van der Waals surface area contributed by atoms with Gasteiger partial charge in [-0.25, -0.2) is 5.26 Å². The van der Waals surface area contributed by atoms with Crippen LogP contribution in [0.2, 0.25) is 0 Å². The fourth-order valence-corrected chi connectivity index (χ4v) is 2.06. The summed E-state index contributed by atoms with van der Waals surface area (Å²) in [5, 5.41) is 6.50. The van der Waals surface area contributed by atoms with Crippen LogP contribution >= 0.6 is 0 Å². The summed E-state index contributed by atoms with van der Waals surface area (Å²) in [4.78, 5) is 0. The van der Waals surface area contributed by atoms with Crippen molar-refractivity contribution in [3.05, 3.63) is 24.0 Å². The van der Waals surface area contributed by atoms with E-state index in [0.29, 0.717) is 0 Å². The van der Waals surface area contributed by atoms with Gasteiger partial charge in [-0.05, 0) is 30.9 Å². The Balaban J connectivity index is 0.00000137. The quantitative estimate of drug-likeness (QED) is 0.569. The first-order valence-corrected chi connectivity index (χ1v) is 7.27. The van der Waals surface area contributed by atoms with Crippen LogP contribution in [0.3, 0.4) is 0 Å². The van der Waals surface area contributed by atoms with Gasteiger partial charge in [0.05, 0.1) is 0 Å². The number of nitriles is 1. The largest absolute Gasteiger partial charge is 0.354 e. The van der Waals surface area contributed by atoms with Gasteiger partial charge in [-0.3, -0.25) is 0 Å². The average Bonchev–Trinajstić information content (AvgIpc) is 2.86. The van der Waals surface area contributed by atoms with Crippen molar-refractivity contribution < 1.29 is 0 Å². The van der Waals surface area contributed by atoms with Crippen LogP contribution in [-0.2, 0) is 13.0 Å². The highest BCUT2D eigenvalue weighted by Gasteiger charge is 1.96. The SMILES string of the molecule is C#N.CCCCCCCn1ccc(CCCC)c1. The van der Waals surface area contributed by atoms with Crippen molar-refractivity contribution in [2.75, 3.05) is 0 Å². The van der Waals surface area contributed by atoms with E-state index in [0.717, 1.165) is 0 Å². The lowest BCUT2D eigenvalue weighted by molar-refractivity contribution is 0.569. The number of hydrogen-bond acceptors (Lipinski definition) is 1. The molecule has 0 N–H and O–H groups in total. The van der Waals surface area contributed by atoms with Crippen molar-refractivity contribution in [3.63, 3.8) is 0 Å². The molecule has 1 rings (SSSR count). The third-order valence-corrected chi connectivity index (χ3v) is 3.15. The third kappa shape index (κ3) is 7.95. The Hall–Kier alpha value is -1.23. The first-order valence-electron chi connectivity index (χ1n) is 7.27. The van der Waals surface area contributed by atoms with E-state index in [1.807, 2.05) is 0 Å². The van der Waals surface area contributed by atoms with Gasteiger partial charge in [-0.1, -0.05) is 46.0 Å². The number of aromatic nitrogens is 1. The fraction of sp³-hybridized carbons (Fsp3) is 0.688. The Bertz CT molecular complexity index is 299. The van der Waals surface area contributed by atoms with E-state index in [1.165, 1.54) is 63.5 Å². The molecular formula is C16H28N2. The zero-order valence-electron chi connectivity index (χ0n) is 12.1. The molecule has 18 heavy (non-hydrogen) atoms. The summed E-state index contributed by atoms with van der Waals surface area (Å²) in [6.45, 7) is 9.23. The molecule has 0 aliphatic rings. The van der Waals surface area contributed by atoms with Crippen molar-refractivity contribution in [2.45, 2.75) is 71.8 Å². The first-order chi connectivity index (χ1) is 8.86. The molecule has 0 spiro atoms. The first kappa shape index (κ1) is 16.8. The molecule has 0 saturated heterocycles. The number of nitrogens with zero attached hydrogens (tertiary/aromatic N) is 2. The predicted octanol–water partition coefficient (Wildman–Crippen LogP) is 4.94. The summed E-state index contributed by atoms with van der Waals surface area (Å²) < 4.78 is 2.36. The monoisotopic (exact) mass is 248 g/mol. The molecule has 0 atom stereocenters. The summed E-state index contributed by atoms with van der Waals surface area (Å²) >= 11 is 0. The summed E-state index contributed by atoms with van der Waals surface area (Å²) in [6, 6.07) is 2.28. The van der Waals surface area contributed by atoms with Gasteiger partial charge in [-0.2, -0.15) is 0 Å². The normalized spacial score (nSPS) is 9.78. The number of rotatable bonds is 9. The molecule has 0 bridgehead atoms. The number of unbranched alkanes of at least 4 members (excludes halogenated alkanes) is 5. The zero-order valence-corrected chi connectivity index (χ0v) is 12.1. The summed E-state index contributed by atoms with van der Waals surface area (Å²) in [5.41, 5.74) is 1.51. The molecule has 0 unspecified atom stereocenters. The molecule has 1 aromatic heterocycles. The van der Waals surface area contributed by atoms with Crippen LogP contribution in [0.25, 0.3) is 0 Å². The molecular weight excluding hydrogens is 220 g/mol. The minimum atomic E-state index is 1.20. The Morgan fingerprint density at radius 1 is 1.00 bits per heavy atom. The van der Waals surface area contributed by atoms with Crippen molar-refractivity contribution >= 4 is 0 Å². The summed E-state index contributed by atoms with van der Waals surface area (Å²) in [5.74, 6) is 0. The van der Waals surface area contributed by atoms with Crippen LogP contribution in [0.4, 0.5) is 0 Å². The van der Waals surface area contributed by atoms with Crippen LogP contribution in [0.5, 0.6) is 0 Å². The third-order valence-electron chi connectivity index (χ3n) is 3.15. The minimum absolute atomic E-state index is 1.20. The Labute approximate surface area is 113 Å². The van der Waals surface area contributed by atoms with Gasteiger partial charge in [-0.15, -0.1) is 0 Å². The molecule has 0 saturated carbocycles. The number of aryl methyl sites for hydroxylation is 2. The summed E-state index contributed by atoms with van der Waals surface area (Å²) in [6.07, 6.45) is 15.3. The highest BCUT2D eigenvalue weighted by molar-refractivity contribution is 5.10. The Kier molecular flexibility index (Phi) is 11.4. The topological polar surface area (TPSA) is 28.7 Å². The van der Waals surface area contributed by atoms with Gasteiger partial charge in [0.2, 0.25) is 0 Å². The van der Waals surface area contributed by atoms with Gasteiger partial charge >= 0.3 is 0 Å². The molecule has 2 nitrogen and oxygen atoms in total. The van der Waals surface area contributed by atoms with Crippen molar-refractivity contribution in [2.24, 2.45) is 0 Å². The lowest BCUT2D eigenvalue weighted by atomic mass is 10.1. The molecule has 0 amide bonds. The van der Waals surface area contributed by atoms with Crippen molar-refractivity contribution in [3.8, 4) is 6.57 Å². The van der Waals surface area contributed by atoms with E-state index in [4.69, 9.17) is 5.26 Å². The second-order valence-electron chi connectivity index (χ2n) is 4.78. The van der Waals surface area contributed by atoms with Crippen molar-refractivity contribution in [1.82, 2.24) is 4.57 Å². The number of hydrogen-bond donors (Lipinski definition) is 0. The van der Waals surface area contributed by atoms with E-state index in [2.05, 4.69) is 43.4 Å². The highest BCUT2D eigenvalue weighted by atomic mass is 14.9. The van der Waals surface area contributed by atoms with Gasteiger partial charge in [0.25, 0.3) is 0 Å². The van der Waals surface area contributed by atoms with Gasteiger partial charge in [0.1, 0.15) is 0 Å². The van der Waals surface area contributed by atoms with Crippen LogP contribution in [0.1, 0.15) is 64.4 Å². The second kappa shape index (κ2) is 12.2. The van der Waals surface area contributed by atoms with E-state index in [-0.39, 0.29) is 0 Å². The smallest absolute Gasteiger partial charge is 0.0462 e. The highest BCUT2D eigenvalue weighted by Crippen LogP contribution is 2.09. The lowest BCUT2D eigenvalue weighted by Gasteiger charge is -2.02. The Morgan fingerprint density at radius 2 is 1.67 bits per heavy atom. The van der Waals surface area contributed by atoms with Gasteiger partial charge in [0, 0.05) is 25.5 Å². The predicted molar refractivity (Wildman–Crippen MR) is 78.5 cm³/mol. The van der Waals surface area contributed by atoms with Crippen LogP contribution < -0.4 is 0 Å². The lowest BCUT2D eigenvalue weighted by Crippen LogP contribution is -1.94. The second-order valence-corrected chi connectivity index (χ2v) is 4.78.